The predicted molar refractivity (Wildman–Crippen MR) is 76.2 cm³/mol. The van der Waals surface area contributed by atoms with Crippen LogP contribution in [0.3, 0.4) is 0 Å². The molecule has 8 heteroatoms. The molecule has 0 aliphatic carbocycles. The van der Waals surface area contributed by atoms with Crippen molar-refractivity contribution in [3.63, 3.8) is 0 Å². The molecule has 2 rings (SSSR count). The smallest absolute Gasteiger partial charge is 0.373 e. The number of aryl methyl sites for hydroxylation is 1. The van der Waals surface area contributed by atoms with Crippen molar-refractivity contribution in [2.45, 2.75) is 13.1 Å². The molecule has 0 spiro atoms. The molecule has 0 radical (unpaired) electrons. The first-order valence-electron chi connectivity index (χ1n) is 5.92. The maximum atomic E-state index is 12.8. The van der Waals surface area contributed by atoms with E-state index in [0.717, 1.165) is 6.07 Å². The second-order valence-electron chi connectivity index (χ2n) is 4.39. The number of alkyl halides is 3. The Morgan fingerprint density at radius 1 is 1.19 bits per heavy atom. The molecule has 1 aromatic carbocycles. The van der Waals surface area contributed by atoms with E-state index in [4.69, 9.17) is 17.3 Å². The van der Waals surface area contributed by atoms with E-state index in [0.29, 0.717) is 22.6 Å². The number of hydrogen-bond donors (Lipinski definition) is 2. The number of hydrogen-bond acceptors (Lipinski definition) is 4. The van der Waals surface area contributed by atoms with E-state index < -0.39 is 11.7 Å². The Balaban J connectivity index is 2.61. The van der Waals surface area contributed by atoms with Crippen LogP contribution in [-0.2, 0) is 6.18 Å². The van der Waals surface area contributed by atoms with Crippen molar-refractivity contribution in [2.75, 3.05) is 18.1 Å². The summed E-state index contributed by atoms with van der Waals surface area (Å²) in [5, 5.41) is 2.42. The number of nitrogens with zero attached hydrogens (tertiary/aromatic N) is 2. The number of nitrogen functional groups attached to an aromatic ring is 1. The lowest BCUT2D eigenvalue weighted by molar-refractivity contribution is -0.137. The third-order valence-corrected chi connectivity index (χ3v) is 3.21. The maximum Gasteiger partial charge on any atom is 0.417 e. The van der Waals surface area contributed by atoms with E-state index in [1.54, 1.807) is 20.0 Å². The van der Waals surface area contributed by atoms with Gasteiger partial charge in [0.1, 0.15) is 5.82 Å². The number of nitrogens with one attached hydrogen (secondary N) is 1. The van der Waals surface area contributed by atoms with Gasteiger partial charge in [0.05, 0.1) is 16.3 Å². The number of rotatable bonds is 2. The monoisotopic (exact) mass is 316 g/mol. The lowest BCUT2D eigenvalue weighted by Crippen LogP contribution is -2.07. The van der Waals surface area contributed by atoms with Crippen molar-refractivity contribution in [1.29, 1.82) is 0 Å². The summed E-state index contributed by atoms with van der Waals surface area (Å²) in [4.78, 5) is 7.96. The fourth-order valence-electron chi connectivity index (χ4n) is 1.91. The van der Waals surface area contributed by atoms with Crippen LogP contribution in [-0.4, -0.2) is 17.0 Å². The van der Waals surface area contributed by atoms with Gasteiger partial charge in [-0.3, -0.25) is 0 Å². The number of halogens is 4. The Morgan fingerprint density at radius 2 is 1.86 bits per heavy atom. The van der Waals surface area contributed by atoms with Crippen LogP contribution in [0.25, 0.3) is 11.3 Å². The molecule has 4 nitrogen and oxygen atoms in total. The first-order chi connectivity index (χ1) is 9.72. The average Bonchev–Trinajstić information content (AvgIpc) is 2.38. The zero-order valence-corrected chi connectivity index (χ0v) is 12.0. The van der Waals surface area contributed by atoms with E-state index in [2.05, 4.69) is 15.3 Å². The van der Waals surface area contributed by atoms with Crippen LogP contribution >= 0.6 is 11.6 Å². The van der Waals surface area contributed by atoms with Crippen molar-refractivity contribution in [1.82, 2.24) is 9.97 Å². The quantitative estimate of drug-likeness (QED) is 0.885. The van der Waals surface area contributed by atoms with Gasteiger partial charge in [-0.25, -0.2) is 4.98 Å². The van der Waals surface area contributed by atoms with Gasteiger partial charge in [0.25, 0.3) is 0 Å². The summed E-state index contributed by atoms with van der Waals surface area (Å²) < 4.78 is 38.4. The van der Waals surface area contributed by atoms with Gasteiger partial charge in [-0.2, -0.15) is 18.2 Å². The fraction of sp³-hybridized carbons (Fsp3) is 0.231. The maximum absolute atomic E-state index is 12.8. The Labute approximate surface area is 124 Å². The Hall–Kier alpha value is -2.02. The summed E-state index contributed by atoms with van der Waals surface area (Å²) in [6.45, 7) is 1.55. The summed E-state index contributed by atoms with van der Waals surface area (Å²) in [6.07, 6.45) is -4.50. The van der Waals surface area contributed by atoms with Gasteiger partial charge in [-0.1, -0.05) is 11.6 Å². The van der Waals surface area contributed by atoms with Crippen LogP contribution in [0.4, 0.5) is 24.9 Å². The van der Waals surface area contributed by atoms with Crippen LogP contribution in [0.2, 0.25) is 5.02 Å². The third-order valence-electron chi connectivity index (χ3n) is 2.89. The Bertz CT molecular complexity index is 686. The van der Waals surface area contributed by atoms with E-state index in [9.17, 15) is 13.2 Å². The van der Waals surface area contributed by atoms with Gasteiger partial charge in [-0.15, -0.1) is 0 Å². The summed E-state index contributed by atoms with van der Waals surface area (Å²) >= 11 is 5.74. The van der Waals surface area contributed by atoms with E-state index in [1.807, 2.05) is 0 Å². The van der Waals surface area contributed by atoms with Gasteiger partial charge in [0, 0.05) is 18.7 Å². The van der Waals surface area contributed by atoms with E-state index in [-0.39, 0.29) is 11.0 Å². The second-order valence-corrected chi connectivity index (χ2v) is 4.80. The highest BCUT2D eigenvalue weighted by Gasteiger charge is 2.33. The number of aromatic nitrogens is 2. The molecule has 0 saturated heterocycles. The lowest BCUT2D eigenvalue weighted by atomic mass is 10.0. The molecule has 0 aliphatic heterocycles. The van der Waals surface area contributed by atoms with Gasteiger partial charge in [0.15, 0.2) is 0 Å². The second kappa shape index (κ2) is 5.40. The highest BCUT2D eigenvalue weighted by atomic mass is 35.5. The number of nitrogens with two attached hydrogens (primary N) is 1. The molecule has 0 unspecified atom stereocenters. The van der Waals surface area contributed by atoms with Gasteiger partial charge in [-0.05, 0) is 24.6 Å². The van der Waals surface area contributed by atoms with Crippen molar-refractivity contribution >= 4 is 23.4 Å². The van der Waals surface area contributed by atoms with Crippen LogP contribution in [0.5, 0.6) is 0 Å². The first kappa shape index (κ1) is 15.4. The molecule has 0 aliphatic rings. The van der Waals surface area contributed by atoms with Gasteiger partial charge < -0.3 is 11.1 Å². The zero-order valence-electron chi connectivity index (χ0n) is 11.2. The highest BCUT2D eigenvalue weighted by Crippen LogP contribution is 2.38. The molecule has 1 heterocycles. The summed E-state index contributed by atoms with van der Waals surface area (Å²) in [5.74, 6) is 0.486. The minimum atomic E-state index is -4.50. The third kappa shape index (κ3) is 3.18. The minimum absolute atomic E-state index is 0.0206. The van der Waals surface area contributed by atoms with Crippen LogP contribution in [0.15, 0.2) is 18.2 Å². The van der Waals surface area contributed by atoms with Crippen molar-refractivity contribution in [2.24, 2.45) is 0 Å². The molecule has 112 valence electrons. The normalized spacial score (nSPS) is 11.5. The van der Waals surface area contributed by atoms with Crippen molar-refractivity contribution in [3.05, 3.63) is 34.3 Å². The number of benzene rings is 1. The van der Waals surface area contributed by atoms with Crippen molar-refractivity contribution in [3.8, 4) is 11.3 Å². The lowest BCUT2D eigenvalue weighted by Gasteiger charge is -2.14. The van der Waals surface area contributed by atoms with Crippen LogP contribution in [0.1, 0.15) is 11.1 Å². The topological polar surface area (TPSA) is 63.8 Å². The largest absolute Gasteiger partial charge is 0.417 e. The molecule has 0 atom stereocenters. The average molecular weight is 317 g/mol. The van der Waals surface area contributed by atoms with Crippen LogP contribution < -0.4 is 11.1 Å². The van der Waals surface area contributed by atoms with Crippen LogP contribution in [0, 0.1) is 6.92 Å². The molecule has 0 bridgehead atoms. The SMILES string of the molecule is CNc1cc(-c2cc(Cl)c(C(F)(F)F)cc2C)nc(N)n1. The molecule has 21 heavy (non-hydrogen) atoms. The molecule has 3 N–H and O–H groups in total. The molecular weight excluding hydrogens is 305 g/mol. The molecule has 1 aromatic heterocycles. The minimum Gasteiger partial charge on any atom is -0.373 e. The Kier molecular flexibility index (Phi) is 3.95. The first-order valence-corrected chi connectivity index (χ1v) is 6.30. The van der Waals surface area contributed by atoms with E-state index >= 15 is 0 Å². The molecular formula is C13H12ClF3N4. The zero-order chi connectivity index (χ0) is 15.8. The fourth-order valence-corrected chi connectivity index (χ4v) is 2.18. The molecule has 0 amide bonds. The molecule has 0 saturated carbocycles. The van der Waals surface area contributed by atoms with Crippen molar-refractivity contribution < 1.29 is 13.2 Å². The summed E-state index contributed by atoms with van der Waals surface area (Å²) in [5.41, 5.74) is 5.98. The van der Waals surface area contributed by atoms with Gasteiger partial charge >= 0.3 is 6.18 Å². The molecule has 2 aromatic rings. The van der Waals surface area contributed by atoms with E-state index in [1.165, 1.54) is 6.07 Å². The molecule has 0 fully saturated rings. The highest BCUT2D eigenvalue weighted by molar-refractivity contribution is 6.31. The standard InChI is InChI=1S/C13H12ClF3N4/c1-6-3-8(13(15,16)17)9(14)4-7(6)10-5-11(19-2)21-12(18)20-10/h3-5H,1-2H3,(H3,18,19,20,21). The van der Waals surface area contributed by atoms with Gasteiger partial charge in [0.2, 0.25) is 5.95 Å². The predicted octanol–water partition coefficient (Wildman–Crippen LogP) is 3.75. The summed E-state index contributed by atoms with van der Waals surface area (Å²) in [6, 6.07) is 3.82. The Morgan fingerprint density at radius 3 is 2.43 bits per heavy atom. The number of anilines is 2. The summed E-state index contributed by atoms with van der Waals surface area (Å²) in [7, 11) is 1.65.